The number of nitrogens with zero attached hydrogens (tertiary/aromatic N) is 4. The Balaban J connectivity index is 1.84. The van der Waals surface area contributed by atoms with E-state index in [1.54, 1.807) is 0 Å². The Labute approximate surface area is 215 Å². The van der Waals surface area contributed by atoms with E-state index >= 15 is 0 Å². The van der Waals surface area contributed by atoms with E-state index in [1.807, 2.05) is 34.3 Å². The summed E-state index contributed by atoms with van der Waals surface area (Å²) in [5.74, 6) is 0. The third kappa shape index (κ3) is 4.57. The molecule has 4 nitrogen and oxygen atoms in total. The maximum Gasteiger partial charge on any atom is 0.209 e. The van der Waals surface area contributed by atoms with Crippen LogP contribution in [-0.4, -0.2) is 45.5 Å². The standard InChI is InChI=1S/C32H35N4/c1-32(2)29-10-8-9-11-30(29)36(7)31(32)25(22-33)16-21-28(23-12-17-26(18-13-23)34(3)4)24-14-19-27(20-15-24)35(5)6/h8-21H,1-7H3/q+1. The molecule has 182 valence electrons. The van der Waals surface area contributed by atoms with Crippen molar-refractivity contribution in [1.29, 1.82) is 5.26 Å². The molecule has 3 aromatic carbocycles. The van der Waals surface area contributed by atoms with Crippen molar-refractivity contribution in [2.75, 3.05) is 45.0 Å². The number of fused-ring (bicyclic) bond motifs is 1. The molecule has 0 aromatic heterocycles. The summed E-state index contributed by atoms with van der Waals surface area (Å²) in [4.78, 5) is 4.19. The summed E-state index contributed by atoms with van der Waals surface area (Å²) in [6, 6.07) is 28.0. The van der Waals surface area contributed by atoms with Gasteiger partial charge in [0.2, 0.25) is 11.4 Å². The van der Waals surface area contributed by atoms with Crippen molar-refractivity contribution in [3.05, 3.63) is 107 Å². The third-order valence-electron chi connectivity index (χ3n) is 7.05. The SMILES string of the molecule is CN(C)c1ccc(C(=C/C=C(\C#N)C2=[N+](C)c3ccccc3C2(C)C)c2ccc(N(C)C)cc2)cc1. The van der Waals surface area contributed by atoms with Gasteiger partial charge in [-0.2, -0.15) is 9.84 Å². The first-order valence-electron chi connectivity index (χ1n) is 12.2. The van der Waals surface area contributed by atoms with E-state index in [0.29, 0.717) is 5.57 Å². The van der Waals surface area contributed by atoms with Crippen LogP contribution in [0.4, 0.5) is 17.1 Å². The maximum atomic E-state index is 10.3. The molecule has 0 N–H and O–H groups in total. The molecule has 0 saturated carbocycles. The molecule has 1 heterocycles. The Morgan fingerprint density at radius 1 is 0.778 bits per heavy atom. The molecule has 1 aliphatic heterocycles. The van der Waals surface area contributed by atoms with Gasteiger partial charge in [-0.3, -0.25) is 0 Å². The fraction of sp³-hybridized carbons (Fsp3) is 0.250. The van der Waals surface area contributed by atoms with Crippen LogP contribution in [0.2, 0.25) is 0 Å². The molecule has 36 heavy (non-hydrogen) atoms. The van der Waals surface area contributed by atoms with Crippen molar-refractivity contribution in [2.24, 2.45) is 0 Å². The van der Waals surface area contributed by atoms with Gasteiger partial charge in [-0.25, -0.2) is 0 Å². The van der Waals surface area contributed by atoms with Crippen LogP contribution in [0.5, 0.6) is 0 Å². The zero-order valence-electron chi connectivity index (χ0n) is 22.4. The van der Waals surface area contributed by atoms with E-state index in [2.05, 4.69) is 120 Å². The van der Waals surface area contributed by atoms with Crippen LogP contribution in [0.15, 0.2) is 90.5 Å². The molecule has 0 fully saturated rings. The Morgan fingerprint density at radius 2 is 1.28 bits per heavy atom. The summed E-state index contributed by atoms with van der Waals surface area (Å²) in [7, 11) is 10.2. The average Bonchev–Trinajstić information content (AvgIpc) is 3.07. The molecule has 0 bridgehead atoms. The van der Waals surface area contributed by atoms with Crippen LogP contribution in [0.25, 0.3) is 5.57 Å². The minimum absolute atomic E-state index is 0.262. The summed E-state index contributed by atoms with van der Waals surface area (Å²) in [6.07, 6.45) is 4.07. The maximum absolute atomic E-state index is 10.3. The number of hydrogen-bond donors (Lipinski definition) is 0. The number of para-hydroxylation sites is 1. The predicted molar refractivity (Wildman–Crippen MR) is 153 cm³/mol. The van der Waals surface area contributed by atoms with E-state index in [-0.39, 0.29) is 5.41 Å². The van der Waals surface area contributed by atoms with Crippen molar-refractivity contribution < 1.29 is 4.58 Å². The fourth-order valence-electron chi connectivity index (χ4n) is 5.05. The molecular formula is C32H35N4+. The first-order valence-corrected chi connectivity index (χ1v) is 12.2. The monoisotopic (exact) mass is 475 g/mol. The number of benzene rings is 3. The molecule has 4 heteroatoms. The number of rotatable bonds is 6. The van der Waals surface area contributed by atoms with Gasteiger partial charge in [-0.15, -0.1) is 0 Å². The minimum Gasteiger partial charge on any atom is -0.378 e. The smallest absolute Gasteiger partial charge is 0.209 e. The highest BCUT2D eigenvalue weighted by Crippen LogP contribution is 2.40. The van der Waals surface area contributed by atoms with Gasteiger partial charge in [-0.1, -0.05) is 48.5 Å². The van der Waals surface area contributed by atoms with Crippen LogP contribution >= 0.6 is 0 Å². The molecule has 0 amide bonds. The number of anilines is 2. The van der Waals surface area contributed by atoms with Gasteiger partial charge < -0.3 is 9.80 Å². The van der Waals surface area contributed by atoms with Gasteiger partial charge in [0, 0.05) is 51.2 Å². The van der Waals surface area contributed by atoms with Crippen LogP contribution in [0.1, 0.15) is 30.5 Å². The Hall–Kier alpha value is -4.10. The van der Waals surface area contributed by atoms with Gasteiger partial charge in [0.1, 0.15) is 18.7 Å². The lowest BCUT2D eigenvalue weighted by Crippen LogP contribution is -2.29. The first kappa shape index (κ1) is 25.0. The zero-order chi connectivity index (χ0) is 26.0. The second kappa shape index (κ2) is 9.87. The summed E-state index contributed by atoms with van der Waals surface area (Å²) in [6.45, 7) is 4.39. The molecule has 4 rings (SSSR count). The van der Waals surface area contributed by atoms with Gasteiger partial charge in [0.25, 0.3) is 0 Å². The lowest BCUT2D eigenvalue weighted by molar-refractivity contribution is -0.401. The Bertz CT molecular complexity index is 1340. The van der Waals surface area contributed by atoms with E-state index in [9.17, 15) is 5.26 Å². The Kier molecular flexibility index (Phi) is 6.86. The highest BCUT2D eigenvalue weighted by Gasteiger charge is 2.45. The van der Waals surface area contributed by atoms with Crippen LogP contribution in [0.3, 0.4) is 0 Å². The summed E-state index contributed by atoms with van der Waals surface area (Å²) in [5.41, 5.74) is 9.43. The van der Waals surface area contributed by atoms with Gasteiger partial charge in [0.05, 0.1) is 5.41 Å². The molecule has 0 radical (unpaired) electrons. The van der Waals surface area contributed by atoms with Crippen molar-refractivity contribution in [1.82, 2.24) is 0 Å². The number of nitriles is 1. The van der Waals surface area contributed by atoms with E-state index in [4.69, 9.17) is 0 Å². The van der Waals surface area contributed by atoms with Crippen LogP contribution in [-0.2, 0) is 5.41 Å². The third-order valence-corrected chi connectivity index (χ3v) is 7.05. The summed E-state index contributed by atoms with van der Waals surface area (Å²) < 4.78 is 2.16. The summed E-state index contributed by atoms with van der Waals surface area (Å²) in [5, 5.41) is 10.3. The van der Waals surface area contributed by atoms with Crippen molar-refractivity contribution in [2.45, 2.75) is 19.3 Å². The normalized spacial score (nSPS) is 14.2. The molecular weight excluding hydrogens is 440 g/mol. The zero-order valence-corrected chi connectivity index (χ0v) is 22.4. The highest BCUT2D eigenvalue weighted by atomic mass is 15.1. The predicted octanol–water partition coefficient (Wildman–Crippen LogP) is 6.41. The highest BCUT2D eigenvalue weighted by molar-refractivity contribution is 6.10. The quantitative estimate of drug-likeness (QED) is 0.235. The topological polar surface area (TPSA) is 33.3 Å². The molecule has 0 spiro atoms. The fourth-order valence-corrected chi connectivity index (χ4v) is 5.05. The van der Waals surface area contributed by atoms with E-state index < -0.39 is 0 Å². The van der Waals surface area contributed by atoms with Crippen LogP contribution in [0, 0.1) is 11.3 Å². The van der Waals surface area contributed by atoms with E-state index in [0.717, 1.165) is 39.5 Å². The lowest BCUT2D eigenvalue weighted by Gasteiger charge is -2.17. The molecule has 0 saturated heterocycles. The number of hydrogen-bond acceptors (Lipinski definition) is 3. The molecule has 0 atom stereocenters. The number of allylic oxidation sites excluding steroid dienone is 3. The van der Waals surface area contributed by atoms with Gasteiger partial charge >= 0.3 is 0 Å². The van der Waals surface area contributed by atoms with Crippen molar-refractivity contribution in [3.63, 3.8) is 0 Å². The molecule has 0 unspecified atom stereocenters. The first-order chi connectivity index (χ1) is 17.1. The second-order valence-corrected chi connectivity index (χ2v) is 10.2. The second-order valence-electron chi connectivity index (χ2n) is 10.2. The average molecular weight is 476 g/mol. The van der Waals surface area contributed by atoms with Gasteiger partial charge in [0.15, 0.2) is 0 Å². The van der Waals surface area contributed by atoms with Gasteiger partial charge in [-0.05, 0) is 60.9 Å². The van der Waals surface area contributed by atoms with Crippen molar-refractivity contribution in [3.8, 4) is 6.07 Å². The summed E-state index contributed by atoms with van der Waals surface area (Å²) >= 11 is 0. The van der Waals surface area contributed by atoms with Crippen molar-refractivity contribution >= 4 is 28.3 Å². The lowest BCUT2D eigenvalue weighted by atomic mass is 9.79. The Morgan fingerprint density at radius 3 is 1.72 bits per heavy atom. The minimum atomic E-state index is -0.262. The van der Waals surface area contributed by atoms with E-state index in [1.165, 1.54) is 5.56 Å². The van der Waals surface area contributed by atoms with Crippen LogP contribution < -0.4 is 9.80 Å². The largest absolute Gasteiger partial charge is 0.378 e. The molecule has 0 aliphatic carbocycles. The molecule has 1 aliphatic rings. The molecule has 3 aromatic rings.